The third kappa shape index (κ3) is 4.87. The number of aliphatic imine (C=N–C) groups is 1. The van der Waals surface area contributed by atoms with Crippen molar-refractivity contribution in [1.82, 2.24) is 20.8 Å². The second-order valence-corrected chi connectivity index (χ2v) is 4.96. The molecule has 8 heteroatoms. The summed E-state index contributed by atoms with van der Waals surface area (Å²) in [6, 6.07) is 5.66. The van der Waals surface area contributed by atoms with Gasteiger partial charge in [0.1, 0.15) is 11.5 Å². The molecule has 0 fully saturated rings. The number of aromatic nitrogens is 2. The normalized spacial score (nSPS) is 11.2. The predicted molar refractivity (Wildman–Crippen MR) is 90.2 cm³/mol. The average Bonchev–Trinajstić information content (AvgIpc) is 3.02. The molecule has 2 N–H and O–H groups in total. The molecule has 130 valence electrons. The summed E-state index contributed by atoms with van der Waals surface area (Å²) in [7, 11) is 3.25. The Hall–Kier alpha value is -2.77. The highest BCUT2D eigenvalue weighted by molar-refractivity contribution is 5.79. The molecular weight excluding hydrogens is 310 g/mol. The van der Waals surface area contributed by atoms with E-state index in [1.807, 2.05) is 25.1 Å². The van der Waals surface area contributed by atoms with Gasteiger partial charge in [-0.2, -0.15) is 4.98 Å². The molecule has 0 saturated carbocycles. The third-order valence-electron chi connectivity index (χ3n) is 3.22. The number of rotatable bonds is 7. The first-order chi connectivity index (χ1) is 11.7. The lowest BCUT2D eigenvalue weighted by Gasteiger charge is -2.11. The fourth-order valence-electron chi connectivity index (χ4n) is 2.06. The minimum atomic E-state index is 0.409. The SMILES string of the molecule is CCNC(=NCc1ccc(OC)cc1OC)NCc1nc(C)no1. The second kappa shape index (κ2) is 8.76. The van der Waals surface area contributed by atoms with Crippen LogP contribution in [0.5, 0.6) is 11.5 Å². The van der Waals surface area contributed by atoms with E-state index in [4.69, 9.17) is 14.0 Å². The molecule has 8 nitrogen and oxygen atoms in total. The molecule has 0 spiro atoms. The molecule has 0 amide bonds. The van der Waals surface area contributed by atoms with Gasteiger partial charge in [-0.25, -0.2) is 4.99 Å². The van der Waals surface area contributed by atoms with E-state index in [1.54, 1.807) is 21.1 Å². The van der Waals surface area contributed by atoms with Crippen LogP contribution in [0.4, 0.5) is 0 Å². The maximum Gasteiger partial charge on any atom is 0.246 e. The van der Waals surface area contributed by atoms with Gasteiger partial charge in [-0.15, -0.1) is 0 Å². The summed E-state index contributed by atoms with van der Waals surface area (Å²) in [4.78, 5) is 8.70. The highest BCUT2D eigenvalue weighted by atomic mass is 16.5. The number of aryl methyl sites for hydroxylation is 1. The van der Waals surface area contributed by atoms with E-state index < -0.39 is 0 Å². The smallest absolute Gasteiger partial charge is 0.246 e. The van der Waals surface area contributed by atoms with Crippen LogP contribution in [0.1, 0.15) is 24.2 Å². The van der Waals surface area contributed by atoms with Crippen molar-refractivity contribution in [2.75, 3.05) is 20.8 Å². The zero-order chi connectivity index (χ0) is 17.4. The Morgan fingerprint density at radius 3 is 2.71 bits per heavy atom. The number of hydrogen-bond donors (Lipinski definition) is 2. The van der Waals surface area contributed by atoms with Crippen LogP contribution in [-0.4, -0.2) is 36.9 Å². The van der Waals surface area contributed by atoms with Crippen molar-refractivity contribution in [3.05, 3.63) is 35.5 Å². The zero-order valence-corrected chi connectivity index (χ0v) is 14.4. The van der Waals surface area contributed by atoms with Crippen LogP contribution >= 0.6 is 0 Å². The van der Waals surface area contributed by atoms with E-state index in [-0.39, 0.29) is 0 Å². The quantitative estimate of drug-likeness (QED) is 0.588. The first kappa shape index (κ1) is 17.6. The summed E-state index contributed by atoms with van der Waals surface area (Å²) < 4.78 is 15.7. The molecule has 2 aromatic rings. The molecule has 24 heavy (non-hydrogen) atoms. The van der Waals surface area contributed by atoms with Gasteiger partial charge in [-0.05, 0) is 26.0 Å². The van der Waals surface area contributed by atoms with Crippen molar-refractivity contribution in [3.63, 3.8) is 0 Å². The van der Waals surface area contributed by atoms with Gasteiger partial charge in [0.15, 0.2) is 11.8 Å². The average molecular weight is 333 g/mol. The van der Waals surface area contributed by atoms with E-state index in [2.05, 4.69) is 25.8 Å². The zero-order valence-electron chi connectivity index (χ0n) is 14.4. The maximum absolute atomic E-state index is 5.39. The topological polar surface area (TPSA) is 93.8 Å². The van der Waals surface area contributed by atoms with E-state index in [0.717, 1.165) is 23.6 Å². The summed E-state index contributed by atoms with van der Waals surface area (Å²) in [5, 5.41) is 10.1. The highest BCUT2D eigenvalue weighted by Gasteiger charge is 2.07. The van der Waals surface area contributed by atoms with Crippen LogP contribution in [0.15, 0.2) is 27.7 Å². The first-order valence-corrected chi connectivity index (χ1v) is 7.68. The molecule has 1 heterocycles. The Morgan fingerprint density at radius 1 is 1.25 bits per heavy atom. The summed E-state index contributed by atoms with van der Waals surface area (Å²) in [5.74, 6) is 3.26. The van der Waals surface area contributed by atoms with Gasteiger partial charge >= 0.3 is 0 Å². The van der Waals surface area contributed by atoms with Crippen LogP contribution in [0.3, 0.4) is 0 Å². The van der Waals surface area contributed by atoms with Crippen LogP contribution in [0.2, 0.25) is 0 Å². The van der Waals surface area contributed by atoms with Crippen LogP contribution < -0.4 is 20.1 Å². The van der Waals surface area contributed by atoms with Crippen molar-refractivity contribution < 1.29 is 14.0 Å². The number of methoxy groups -OCH3 is 2. The highest BCUT2D eigenvalue weighted by Crippen LogP contribution is 2.25. The summed E-state index contributed by atoms with van der Waals surface area (Å²) in [6.45, 7) is 5.40. The molecular formula is C16H23N5O3. The van der Waals surface area contributed by atoms with Crippen molar-refractivity contribution in [2.45, 2.75) is 26.9 Å². The molecule has 0 aliphatic rings. The Morgan fingerprint density at radius 2 is 2.08 bits per heavy atom. The number of nitrogens with zero attached hydrogens (tertiary/aromatic N) is 3. The second-order valence-electron chi connectivity index (χ2n) is 4.96. The fourth-order valence-corrected chi connectivity index (χ4v) is 2.06. The van der Waals surface area contributed by atoms with Crippen LogP contribution in [-0.2, 0) is 13.1 Å². The minimum Gasteiger partial charge on any atom is -0.497 e. The Bertz CT molecular complexity index is 684. The van der Waals surface area contributed by atoms with E-state index >= 15 is 0 Å². The van der Waals surface area contributed by atoms with Gasteiger partial charge in [-0.3, -0.25) is 0 Å². The minimum absolute atomic E-state index is 0.409. The lowest BCUT2D eigenvalue weighted by Crippen LogP contribution is -2.36. The third-order valence-corrected chi connectivity index (χ3v) is 3.22. The van der Waals surface area contributed by atoms with Gasteiger partial charge in [0.2, 0.25) is 5.89 Å². The Balaban J connectivity index is 2.04. The first-order valence-electron chi connectivity index (χ1n) is 7.68. The van der Waals surface area contributed by atoms with Crippen molar-refractivity contribution in [1.29, 1.82) is 0 Å². The molecule has 0 atom stereocenters. The molecule has 0 aliphatic heterocycles. The molecule has 2 rings (SSSR count). The Kier molecular flexibility index (Phi) is 6.41. The molecule has 1 aromatic heterocycles. The van der Waals surface area contributed by atoms with E-state index in [0.29, 0.717) is 30.8 Å². The molecule has 0 bridgehead atoms. The Labute approximate surface area is 141 Å². The number of guanidine groups is 1. The fraction of sp³-hybridized carbons (Fsp3) is 0.438. The van der Waals surface area contributed by atoms with Gasteiger partial charge in [-0.1, -0.05) is 5.16 Å². The summed E-state index contributed by atoms with van der Waals surface area (Å²) in [5.41, 5.74) is 0.962. The molecule has 0 aliphatic carbocycles. The van der Waals surface area contributed by atoms with Crippen molar-refractivity contribution in [3.8, 4) is 11.5 Å². The monoisotopic (exact) mass is 333 g/mol. The van der Waals surface area contributed by atoms with Gasteiger partial charge in [0.25, 0.3) is 0 Å². The van der Waals surface area contributed by atoms with Gasteiger partial charge in [0.05, 0.1) is 27.3 Å². The molecule has 0 saturated heterocycles. The number of hydrogen-bond acceptors (Lipinski definition) is 6. The van der Waals surface area contributed by atoms with E-state index in [1.165, 1.54) is 0 Å². The van der Waals surface area contributed by atoms with Crippen molar-refractivity contribution in [2.24, 2.45) is 4.99 Å². The van der Waals surface area contributed by atoms with E-state index in [9.17, 15) is 0 Å². The number of ether oxygens (including phenoxy) is 2. The van der Waals surface area contributed by atoms with Crippen LogP contribution in [0.25, 0.3) is 0 Å². The molecule has 0 radical (unpaired) electrons. The van der Waals surface area contributed by atoms with Crippen molar-refractivity contribution >= 4 is 5.96 Å². The lowest BCUT2D eigenvalue weighted by atomic mass is 10.2. The van der Waals surface area contributed by atoms with Gasteiger partial charge < -0.3 is 24.6 Å². The number of nitrogens with one attached hydrogen (secondary N) is 2. The maximum atomic E-state index is 5.39. The largest absolute Gasteiger partial charge is 0.497 e. The van der Waals surface area contributed by atoms with Gasteiger partial charge in [0, 0.05) is 18.2 Å². The standard InChI is InChI=1S/C16H23N5O3/c1-5-17-16(19-10-15-20-11(2)21-24-15)18-9-12-6-7-13(22-3)8-14(12)23-4/h6-8H,5,9-10H2,1-4H3,(H2,17,18,19). The predicted octanol–water partition coefficient (Wildman–Crippen LogP) is 1.65. The summed E-state index contributed by atoms with van der Waals surface area (Å²) in [6.07, 6.45) is 0. The molecule has 1 aromatic carbocycles. The lowest BCUT2D eigenvalue weighted by molar-refractivity contribution is 0.371. The van der Waals surface area contributed by atoms with Crippen LogP contribution in [0, 0.1) is 6.92 Å². The molecule has 0 unspecified atom stereocenters. The number of benzene rings is 1. The summed E-state index contributed by atoms with van der Waals surface area (Å²) >= 11 is 0.